The zero-order chi connectivity index (χ0) is 21.7. The van der Waals surface area contributed by atoms with Gasteiger partial charge in [0.2, 0.25) is 5.91 Å². The minimum absolute atomic E-state index is 0.105. The number of nitro benzene ring substituents is 1. The molecule has 0 bridgehead atoms. The fourth-order valence-corrected chi connectivity index (χ4v) is 3.29. The lowest BCUT2D eigenvalue weighted by Gasteiger charge is -2.14. The number of nitrogens with zero attached hydrogens (tertiary/aromatic N) is 3. The van der Waals surface area contributed by atoms with Crippen LogP contribution >= 0.6 is 0 Å². The van der Waals surface area contributed by atoms with Gasteiger partial charge in [-0.25, -0.2) is 4.79 Å². The van der Waals surface area contributed by atoms with Gasteiger partial charge in [0.15, 0.2) is 5.58 Å². The van der Waals surface area contributed by atoms with Crippen molar-refractivity contribution in [2.75, 3.05) is 14.1 Å². The number of rotatable bonds is 9. The van der Waals surface area contributed by atoms with Crippen LogP contribution in [-0.4, -0.2) is 34.4 Å². The predicted molar refractivity (Wildman–Crippen MR) is 112 cm³/mol. The molecule has 9 nitrogen and oxygen atoms in total. The maximum atomic E-state index is 12.2. The first-order valence-electron chi connectivity index (χ1n) is 9.61. The van der Waals surface area contributed by atoms with Crippen molar-refractivity contribution < 1.29 is 14.1 Å². The topological polar surface area (TPSA) is 111 Å². The Morgan fingerprint density at radius 1 is 1.20 bits per heavy atom. The number of aromatic nitrogens is 1. The number of carbonyl (C=O) groups excluding carboxylic acids is 1. The van der Waals surface area contributed by atoms with Crippen molar-refractivity contribution in [1.82, 2.24) is 14.8 Å². The lowest BCUT2D eigenvalue weighted by molar-refractivity contribution is -0.384. The second kappa shape index (κ2) is 9.36. The van der Waals surface area contributed by atoms with Crippen LogP contribution in [0.5, 0.6) is 0 Å². The van der Waals surface area contributed by atoms with E-state index in [1.165, 1.54) is 22.8 Å². The number of amides is 1. The standard InChI is InChI=1S/C21H24N4O5/c1-23(2)14-16-7-4-3-6-15(16)13-22-20(26)8-5-11-24-18-10-9-17(25(28)29)12-19(18)30-21(24)27/h3-4,6-7,9-10,12H,5,8,11,13-14H2,1-2H3,(H,22,26). The molecule has 2 aromatic carbocycles. The van der Waals surface area contributed by atoms with Crippen molar-refractivity contribution in [3.05, 3.63) is 74.3 Å². The summed E-state index contributed by atoms with van der Waals surface area (Å²) in [7, 11) is 3.99. The summed E-state index contributed by atoms with van der Waals surface area (Å²) < 4.78 is 6.48. The molecule has 3 rings (SSSR count). The molecule has 3 aromatic rings. The van der Waals surface area contributed by atoms with Gasteiger partial charge in [-0.05, 0) is 37.7 Å². The molecule has 0 fully saturated rings. The van der Waals surface area contributed by atoms with Gasteiger partial charge < -0.3 is 14.6 Å². The summed E-state index contributed by atoms with van der Waals surface area (Å²) in [6, 6.07) is 12.0. The molecule has 0 aliphatic rings. The number of aryl methyl sites for hydroxylation is 1. The minimum atomic E-state index is -0.594. The summed E-state index contributed by atoms with van der Waals surface area (Å²) >= 11 is 0. The third kappa shape index (κ3) is 5.12. The molecular formula is C21H24N4O5. The molecule has 1 amide bonds. The van der Waals surface area contributed by atoms with Crippen molar-refractivity contribution in [1.29, 1.82) is 0 Å². The molecule has 158 valence electrons. The van der Waals surface area contributed by atoms with Crippen LogP contribution in [0.4, 0.5) is 5.69 Å². The first-order chi connectivity index (χ1) is 14.3. The van der Waals surface area contributed by atoms with Gasteiger partial charge in [0, 0.05) is 32.1 Å². The van der Waals surface area contributed by atoms with Gasteiger partial charge in [-0.15, -0.1) is 0 Å². The number of non-ortho nitro benzene ring substituents is 1. The molecule has 0 spiro atoms. The Balaban J connectivity index is 1.56. The molecule has 0 saturated heterocycles. The number of hydrogen-bond donors (Lipinski definition) is 1. The molecular weight excluding hydrogens is 388 g/mol. The Morgan fingerprint density at radius 2 is 1.93 bits per heavy atom. The van der Waals surface area contributed by atoms with Gasteiger partial charge in [-0.3, -0.25) is 19.5 Å². The Morgan fingerprint density at radius 3 is 2.63 bits per heavy atom. The lowest BCUT2D eigenvalue weighted by Crippen LogP contribution is -2.24. The Labute approximate surface area is 173 Å². The smallest absolute Gasteiger partial charge is 0.407 e. The molecule has 0 unspecified atom stereocenters. The first kappa shape index (κ1) is 21.3. The zero-order valence-electron chi connectivity index (χ0n) is 17.0. The van der Waals surface area contributed by atoms with Crippen molar-refractivity contribution in [3.63, 3.8) is 0 Å². The van der Waals surface area contributed by atoms with E-state index in [4.69, 9.17) is 4.42 Å². The van der Waals surface area contributed by atoms with Gasteiger partial charge >= 0.3 is 5.76 Å². The van der Waals surface area contributed by atoms with Crippen molar-refractivity contribution in [2.24, 2.45) is 0 Å². The summed E-state index contributed by atoms with van der Waals surface area (Å²) in [5.41, 5.74) is 2.73. The third-order valence-electron chi connectivity index (χ3n) is 4.73. The number of carbonyl (C=O) groups is 1. The van der Waals surface area contributed by atoms with E-state index in [-0.39, 0.29) is 30.1 Å². The maximum Gasteiger partial charge on any atom is 0.419 e. The number of hydrogen-bond acceptors (Lipinski definition) is 6. The Kier molecular flexibility index (Phi) is 6.63. The summed E-state index contributed by atoms with van der Waals surface area (Å²) in [5, 5.41) is 13.8. The molecule has 0 aliphatic carbocycles. The van der Waals surface area contributed by atoms with E-state index in [0.29, 0.717) is 18.5 Å². The zero-order valence-corrected chi connectivity index (χ0v) is 17.0. The average molecular weight is 412 g/mol. The fraction of sp³-hybridized carbons (Fsp3) is 0.333. The lowest BCUT2D eigenvalue weighted by atomic mass is 10.1. The molecule has 1 aromatic heterocycles. The van der Waals surface area contributed by atoms with Gasteiger partial charge in [0.05, 0.1) is 16.5 Å². The first-order valence-corrected chi connectivity index (χ1v) is 9.61. The Bertz CT molecular complexity index is 1120. The normalized spacial score (nSPS) is 11.2. The van der Waals surface area contributed by atoms with Crippen LogP contribution in [0, 0.1) is 10.1 Å². The van der Waals surface area contributed by atoms with Crippen LogP contribution in [0.1, 0.15) is 24.0 Å². The monoisotopic (exact) mass is 412 g/mol. The van der Waals surface area contributed by atoms with Crippen molar-refractivity contribution in [3.8, 4) is 0 Å². The second-order valence-corrected chi connectivity index (χ2v) is 7.32. The van der Waals surface area contributed by atoms with Crippen LogP contribution < -0.4 is 11.1 Å². The molecule has 9 heteroatoms. The SMILES string of the molecule is CN(C)Cc1ccccc1CNC(=O)CCCn1c(=O)oc2cc([N+](=O)[O-])ccc21. The van der Waals surface area contributed by atoms with Crippen LogP contribution in [0.25, 0.3) is 11.1 Å². The van der Waals surface area contributed by atoms with Crippen LogP contribution in [0.15, 0.2) is 51.7 Å². The van der Waals surface area contributed by atoms with E-state index in [2.05, 4.69) is 10.2 Å². The largest absolute Gasteiger partial charge is 0.419 e. The highest BCUT2D eigenvalue weighted by Crippen LogP contribution is 2.20. The van der Waals surface area contributed by atoms with E-state index in [1.54, 1.807) is 0 Å². The van der Waals surface area contributed by atoms with Gasteiger partial charge in [-0.1, -0.05) is 24.3 Å². The van der Waals surface area contributed by atoms with Crippen LogP contribution in [-0.2, 0) is 24.4 Å². The van der Waals surface area contributed by atoms with E-state index in [1.807, 2.05) is 38.4 Å². The maximum absolute atomic E-state index is 12.2. The van der Waals surface area contributed by atoms with Crippen molar-refractivity contribution in [2.45, 2.75) is 32.5 Å². The quantitative estimate of drug-likeness (QED) is 0.427. The molecule has 30 heavy (non-hydrogen) atoms. The fourth-order valence-electron chi connectivity index (χ4n) is 3.29. The van der Waals surface area contributed by atoms with Crippen LogP contribution in [0.2, 0.25) is 0 Å². The predicted octanol–water partition coefficient (Wildman–Crippen LogP) is 2.66. The van der Waals surface area contributed by atoms with E-state index >= 15 is 0 Å². The molecule has 1 heterocycles. The highest BCUT2D eigenvalue weighted by Gasteiger charge is 2.14. The third-order valence-corrected chi connectivity index (χ3v) is 4.73. The number of nitro groups is 1. The summed E-state index contributed by atoms with van der Waals surface area (Å²) in [5.74, 6) is -0.699. The van der Waals surface area contributed by atoms with Crippen molar-refractivity contribution >= 4 is 22.7 Å². The molecule has 0 radical (unpaired) electrons. The van der Waals surface area contributed by atoms with E-state index < -0.39 is 10.7 Å². The molecule has 1 N–H and O–H groups in total. The van der Waals surface area contributed by atoms with Gasteiger partial charge in [0.25, 0.3) is 5.69 Å². The highest BCUT2D eigenvalue weighted by molar-refractivity contribution is 5.76. The number of oxazole rings is 1. The molecule has 0 aliphatic heterocycles. The number of fused-ring (bicyclic) bond motifs is 1. The van der Waals surface area contributed by atoms with Crippen LogP contribution in [0.3, 0.4) is 0 Å². The molecule has 0 saturated carbocycles. The van der Waals surface area contributed by atoms with E-state index in [0.717, 1.165) is 17.7 Å². The number of benzene rings is 2. The van der Waals surface area contributed by atoms with Gasteiger partial charge in [0.1, 0.15) is 0 Å². The Hall–Kier alpha value is -3.46. The molecule has 0 atom stereocenters. The summed E-state index contributed by atoms with van der Waals surface area (Å²) in [6.07, 6.45) is 0.693. The highest BCUT2D eigenvalue weighted by atomic mass is 16.6. The average Bonchev–Trinajstić information content (AvgIpc) is 3.01. The second-order valence-electron chi connectivity index (χ2n) is 7.32. The summed E-state index contributed by atoms with van der Waals surface area (Å²) in [4.78, 5) is 36.7. The minimum Gasteiger partial charge on any atom is -0.407 e. The van der Waals surface area contributed by atoms with E-state index in [9.17, 15) is 19.7 Å². The van der Waals surface area contributed by atoms with Gasteiger partial charge in [-0.2, -0.15) is 0 Å². The summed E-state index contributed by atoms with van der Waals surface area (Å²) in [6.45, 7) is 1.52. The number of nitrogens with one attached hydrogen (secondary N) is 1.